The molecule has 7 heteroatoms. The molecule has 3 heterocycles. The summed E-state index contributed by atoms with van der Waals surface area (Å²) < 4.78 is 10.6. The van der Waals surface area contributed by atoms with Crippen LogP contribution in [0, 0.1) is 6.92 Å². The summed E-state index contributed by atoms with van der Waals surface area (Å²) in [7, 11) is 0. The number of morpholine rings is 1. The maximum Gasteiger partial charge on any atom is 0.269 e. The number of hydrogen-bond acceptors (Lipinski definition) is 7. The Balaban J connectivity index is 1.86. The Labute approximate surface area is 108 Å². The highest BCUT2D eigenvalue weighted by Gasteiger charge is 2.19. The number of thiophene rings is 1. The van der Waals surface area contributed by atoms with Crippen LogP contribution in [-0.4, -0.2) is 36.4 Å². The second kappa shape index (κ2) is 4.58. The van der Waals surface area contributed by atoms with Crippen LogP contribution in [-0.2, 0) is 4.74 Å². The fraction of sp³-hybridized carbons (Fsp3) is 0.455. The van der Waals surface area contributed by atoms with Crippen LogP contribution in [0.3, 0.4) is 0 Å². The number of aromatic nitrogens is 2. The average Bonchev–Trinajstić information content (AvgIpc) is 2.97. The molecule has 18 heavy (non-hydrogen) atoms. The van der Waals surface area contributed by atoms with E-state index in [1.54, 1.807) is 0 Å². The zero-order valence-electron chi connectivity index (χ0n) is 10.0. The summed E-state index contributed by atoms with van der Waals surface area (Å²) in [6, 6.07) is 1.92. The molecule has 1 saturated heterocycles. The molecule has 96 valence electrons. The van der Waals surface area contributed by atoms with Gasteiger partial charge in [0, 0.05) is 13.1 Å². The SMILES string of the molecule is Cc1cc(N)sc1-c1nc(N2CCOCC2)no1. The van der Waals surface area contributed by atoms with Gasteiger partial charge in [0.1, 0.15) is 0 Å². The largest absolute Gasteiger partial charge is 0.391 e. The van der Waals surface area contributed by atoms with Crippen LogP contribution in [0.15, 0.2) is 10.6 Å². The molecule has 0 aliphatic carbocycles. The minimum Gasteiger partial charge on any atom is -0.391 e. The molecule has 6 nitrogen and oxygen atoms in total. The van der Waals surface area contributed by atoms with Crippen molar-refractivity contribution < 1.29 is 9.26 Å². The van der Waals surface area contributed by atoms with E-state index in [2.05, 4.69) is 15.0 Å². The summed E-state index contributed by atoms with van der Waals surface area (Å²) in [5, 5.41) is 4.77. The normalized spacial score (nSPS) is 16.2. The highest BCUT2D eigenvalue weighted by atomic mass is 32.1. The Kier molecular flexibility index (Phi) is 2.92. The summed E-state index contributed by atoms with van der Waals surface area (Å²) in [6.45, 7) is 4.99. The van der Waals surface area contributed by atoms with Gasteiger partial charge in [-0.15, -0.1) is 11.3 Å². The van der Waals surface area contributed by atoms with E-state index < -0.39 is 0 Å². The van der Waals surface area contributed by atoms with Crippen molar-refractivity contribution in [2.75, 3.05) is 36.9 Å². The molecule has 0 saturated carbocycles. The Bertz CT molecular complexity index is 545. The molecule has 0 radical (unpaired) electrons. The summed E-state index contributed by atoms with van der Waals surface area (Å²) in [6.07, 6.45) is 0. The minimum absolute atomic E-state index is 0.538. The first-order valence-electron chi connectivity index (χ1n) is 5.77. The third-order valence-corrected chi connectivity index (χ3v) is 3.89. The molecule has 1 fully saturated rings. The molecule has 2 aromatic heterocycles. The van der Waals surface area contributed by atoms with Gasteiger partial charge in [-0.3, -0.25) is 0 Å². The van der Waals surface area contributed by atoms with E-state index in [9.17, 15) is 0 Å². The summed E-state index contributed by atoms with van der Waals surface area (Å²) in [4.78, 5) is 7.43. The second-order valence-electron chi connectivity index (χ2n) is 4.16. The number of ether oxygens (including phenoxy) is 1. The van der Waals surface area contributed by atoms with Crippen LogP contribution in [0.4, 0.5) is 10.9 Å². The molecule has 1 aliphatic rings. The number of anilines is 2. The van der Waals surface area contributed by atoms with E-state index in [1.807, 2.05) is 13.0 Å². The monoisotopic (exact) mass is 266 g/mol. The molecule has 0 bridgehead atoms. The lowest BCUT2D eigenvalue weighted by molar-refractivity contribution is 0.121. The smallest absolute Gasteiger partial charge is 0.269 e. The molecule has 2 aromatic rings. The maximum absolute atomic E-state index is 5.77. The quantitative estimate of drug-likeness (QED) is 0.888. The number of rotatable bonds is 2. The van der Waals surface area contributed by atoms with Gasteiger partial charge in [-0.25, -0.2) is 0 Å². The van der Waals surface area contributed by atoms with E-state index in [4.69, 9.17) is 15.0 Å². The van der Waals surface area contributed by atoms with Crippen LogP contribution in [0.1, 0.15) is 5.56 Å². The first-order chi connectivity index (χ1) is 8.74. The molecule has 0 amide bonds. The number of aryl methyl sites for hydroxylation is 1. The average molecular weight is 266 g/mol. The van der Waals surface area contributed by atoms with E-state index >= 15 is 0 Å². The maximum atomic E-state index is 5.77. The first kappa shape index (κ1) is 11.5. The van der Waals surface area contributed by atoms with Crippen molar-refractivity contribution in [3.05, 3.63) is 11.6 Å². The third-order valence-electron chi connectivity index (χ3n) is 2.84. The third kappa shape index (κ3) is 2.06. The molecule has 0 atom stereocenters. The molecule has 2 N–H and O–H groups in total. The lowest BCUT2D eigenvalue weighted by atomic mass is 10.3. The van der Waals surface area contributed by atoms with Gasteiger partial charge in [0.2, 0.25) is 0 Å². The zero-order chi connectivity index (χ0) is 12.5. The van der Waals surface area contributed by atoms with Crippen molar-refractivity contribution in [1.82, 2.24) is 10.1 Å². The van der Waals surface area contributed by atoms with Crippen molar-refractivity contribution in [2.24, 2.45) is 0 Å². The van der Waals surface area contributed by atoms with Gasteiger partial charge in [0.25, 0.3) is 11.8 Å². The van der Waals surface area contributed by atoms with E-state index in [1.165, 1.54) is 11.3 Å². The summed E-state index contributed by atoms with van der Waals surface area (Å²) in [5.74, 6) is 1.16. The van der Waals surface area contributed by atoms with Crippen LogP contribution >= 0.6 is 11.3 Å². The Morgan fingerprint density at radius 2 is 2.17 bits per heavy atom. The fourth-order valence-corrected chi connectivity index (χ4v) is 2.78. The molecule has 0 aromatic carbocycles. The van der Waals surface area contributed by atoms with Crippen molar-refractivity contribution in [1.29, 1.82) is 0 Å². The van der Waals surface area contributed by atoms with Gasteiger partial charge in [0.15, 0.2) is 0 Å². The topological polar surface area (TPSA) is 77.4 Å². The standard InChI is InChI=1S/C11H14N4O2S/c1-7-6-8(12)18-9(7)10-13-11(14-17-10)15-2-4-16-5-3-15/h6H,2-5,12H2,1H3. The second-order valence-corrected chi connectivity index (χ2v) is 5.24. The van der Waals surface area contributed by atoms with Gasteiger partial charge in [0.05, 0.1) is 23.1 Å². The van der Waals surface area contributed by atoms with Crippen molar-refractivity contribution in [3.8, 4) is 10.8 Å². The van der Waals surface area contributed by atoms with Crippen LogP contribution in [0.2, 0.25) is 0 Å². The molecule has 1 aliphatic heterocycles. The molecule has 0 spiro atoms. The van der Waals surface area contributed by atoms with Gasteiger partial charge >= 0.3 is 0 Å². The predicted octanol–water partition coefficient (Wildman–Crippen LogP) is 1.53. The molecule has 0 unspecified atom stereocenters. The lowest BCUT2D eigenvalue weighted by Crippen LogP contribution is -2.36. The van der Waals surface area contributed by atoms with Gasteiger partial charge < -0.3 is 19.9 Å². The van der Waals surface area contributed by atoms with Gasteiger partial charge in [-0.05, 0) is 23.7 Å². The Morgan fingerprint density at radius 1 is 1.39 bits per heavy atom. The van der Waals surface area contributed by atoms with Crippen molar-refractivity contribution >= 4 is 22.3 Å². The van der Waals surface area contributed by atoms with E-state index in [0.29, 0.717) is 25.1 Å². The van der Waals surface area contributed by atoms with Gasteiger partial charge in [-0.1, -0.05) is 0 Å². The van der Waals surface area contributed by atoms with Crippen molar-refractivity contribution in [3.63, 3.8) is 0 Å². The summed E-state index contributed by atoms with van der Waals surface area (Å²) >= 11 is 1.47. The number of nitrogens with two attached hydrogens (primary N) is 1. The number of nitrogens with zero attached hydrogens (tertiary/aromatic N) is 3. The highest BCUT2D eigenvalue weighted by Crippen LogP contribution is 2.33. The molecular formula is C11H14N4O2S. The van der Waals surface area contributed by atoms with Crippen LogP contribution in [0.5, 0.6) is 0 Å². The van der Waals surface area contributed by atoms with Crippen LogP contribution in [0.25, 0.3) is 10.8 Å². The highest BCUT2D eigenvalue weighted by molar-refractivity contribution is 7.19. The Hall–Kier alpha value is -1.60. The van der Waals surface area contributed by atoms with Gasteiger partial charge in [-0.2, -0.15) is 4.98 Å². The fourth-order valence-electron chi connectivity index (χ4n) is 1.92. The van der Waals surface area contributed by atoms with E-state index in [0.717, 1.165) is 28.5 Å². The first-order valence-corrected chi connectivity index (χ1v) is 6.58. The van der Waals surface area contributed by atoms with Crippen LogP contribution < -0.4 is 10.6 Å². The number of nitrogen functional groups attached to an aromatic ring is 1. The Morgan fingerprint density at radius 3 is 2.83 bits per heavy atom. The van der Waals surface area contributed by atoms with E-state index in [-0.39, 0.29) is 0 Å². The minimum atomic E-state index is 0.538. The molecule has 3 rings (SSSR count). The summed E-state index contributed by atoms with van der Waals surface area (Å²) in [5.41, 5.74) is 6.83. The number of hydrogen-bond donors (Lipinski definition) is 1. The van der Waals surface area contributed by atoms with Crippen molar-refractivity contribution in [2.45, 2.75) is 6.92 Å². The molecular weight excluding hydrogens is 252 g/mol. The zero-order valence-corrected chi connectivity index (χ0v) is 10.9. The predicted molar refractivity (Wildman–Crippen MR) is 69.8 cm³/mol. The lowest BCUT2D eigenvalue weighted by Gasteiger charge is -2.24.